The zero-order valence-corrected chi connectivity index (χ0v) is 6.94. The Morgan fingerprint density at radius 2 is 2.25 bits per heavy atom. The van der Waals surface area contributed by atoms with Gasteiger partial charge in [0.05, 0.1) is 0 Å². The molecule has 0 unspecified atom stereocenters. The number of halogens is 2. The van der Waals surface area contributed by atoms with Gasteiger partial charge in [-0.15, -0.1) is 0 Å². The number of carbonyl (C=O) groups excluding carboxylic acids is 1. The lowest BCUT2D eigenvalue weighted by Gasteiger charge is -2.00. The van der Waals surface area contributed by atoms with E-state index < -0.39 is 11.1 Å². The van der Waals surface area contributed by atoms with Gasteiger partial charge in [-0.1, -0.05) is 0 Å². The second-order valence-electron chi connectivity index (χ2n) is 2.28. The van der Waals surface area contributed by atoms with E-state index >= 15 is 0 Å². The summed E-state index contributed by atoms with van der Waals surface area (Å²) in [5.74, 6) is -0.417. The molecule has 0 saturated heterocycles. The fourth-order valence-electron chi connectivity index (χ4n) is 0.853. The summed E-state index contributed by atoms with van der Waals surface area (Å²) in [5, 5.41) is -0.607. The maximum absolute atomic E-state index is 12.8. The van der Waals surface area contributed by atoms with Crippen molar-refractivity contribution in [2.75, 3.05) is 0 Å². The Labute approximate surface area is 74.1 Å². The smallest absolute Gasteiger partial charge is 0.252 e. The molecule has 0 spiro atoms. The van der Waals surface area contributed by atoms with Gasteiger partial charge in [0.15, 0.2) is 0 Å². The second kappa shape index (κ2) is 3.65. The maximum atomic E-state index is 12.8. The lowest BCUT2D eigenvalue weighted by Crippen LogP contribution is -2.01. The minimum Gasteiger partial charge on any atom is -0.326 e. The van der Waals surface area contributed by atoms with Crippen LogP contribution in [0.25, 0.3) is 0 Å². The molecular formula is C8H7ClFNO. The molecular weight excluding hydrogens is 181 g/mol. The zero-order valence-electron chi connectivity index (χ0n) is 6.18. The number of benzene rings is 1. The molecule has 0 saturated carbocycles. The summed E-state index contributed by atoms with van der Waals surface area (Å²) in [6.45, 7) is 0.0594. The first-order chi connectivity index (χ1) is 5.65. The predicted molar refractivity (Wildman–Crippen MR) is 44.5 cm³/mol. The number of carbonyl (C=O) groups is 1. The molecule has 0 fully saturated rings. The molecule has 0 atom stereocenters. The van der Waals surface area contributed by atoms with Crippen LogP contribution in [0.1, 0.15) is 15.9 Å². The lowest BCUT2D eigenvalue weighted by atomic mass is 10.1. The average molecular weight is 188 g/mol. The third-order valence-corrected chi connectivity index (χ3v) is 1.71. The van der Waals surface area contributed by atoms with Crippen molar-refractivity contribution in [1.29, 1.82) is 0 Å². The van der Waals surface area contributed by atoms with Crippen LogP contribution in [-0.4, -0.2) is 5.24 Å². The molecule has 0 aliphatic rings. The normalized spacial score (nSPS) is 9.92. The SMILES string of the molecule is NCc1cc(C(=O)Cl)ccc1F. The van der Waals surface area contributed by atoms with Gasteiger partial charge in [-0.05, 0) is 29.8 Å². The molecule has 0 aliphatic heterocycles. The number of rotatable bonds is 2. The standard InChI is InChI=1S/C8H7ClFNO/c9-8(12)5-1-2-7(10)6(3-5)4-11/h1-3H,4,11H2. The van der Waals surface area contributed by atoms with E-state index in [-0.39, 0.29) is 12.1 Å². The van der Waals surface area contributed by atoms with Gasteiger partial charge in [0.25, 0.3) is 5.24 Å². The highest BCUT2D eigenvalue weighted by molar-refractivity contribution is 6.67. The van der Waals surface area contributed by atoms with E-state index in [0.29, 0.717) is 5.56 Å². The van der Waals surface area contributed by atoms with Crippen molar-refractivity contribution in [2.24, 2.45) is 5.73 Å². The maximum Gasteiger partial charge on any atom is 0.252 e. The van der Waals surface area contributed by atoms with E-state index in [1.807, 2.05) is 0 Å². The second-order valence-corrected chi connectivity index (χ2v) is 2.63. The molecule has 0 radical (unpaired) electrons. The Balaban J connectivity index is 3.13. The van der Waals surface area contributed by atoms with Crippen LogP contribution >= 0.6 is 11.6 Å². The van der Waals surface area contributed by atoms with Gasteiger partial charge in [-0.25, -0.2) is 4.39 Å². The number of nitrogens with two attached hydrogens (primary N) is 1. The first kappa shape index (κ1) is 9.16. The summed E-state index contributed by atoms with van der Waals surface area (Å²) in [5.41, 5.74) is 5.78. The van der Waals surface area contributed by atoms with E-state index in [9.17, 15) is 9.18 Å². The van der Waals surface area contributed by atoms with Crippen LogP contribution in [0.15, 0.2) is 18.2 Å². The van der Waals surface area contributed by atoms with Crippen LogP contribution < -0.4 is 5.73 Å². The van der Waals surface area contributed by atoms with Gasteiger partial charge < -0.3 is 5.73 Å². The molecule has 2 nitrogen and oxygen atoms in total. The fraction of sp³-hybridized carbons (Fsp3) is 0.125. The zero-order chi connectivity index (χ0) is 9.14. The van der Waals surface area contributed by atoms with Crippen molar-refractivity contribution in [3.05, 3.63) is 35.1 Å². The Bertz CT molecular complexity index is 314. The Hall–Kier alpha value is -0.930. The number of hydrogen-bond donors (Lipinski definition) is 1. The van der Waals surface area contributed by atoms with Crippen LogP contribution in [0.2, 0.25) is 0 Å². The molecule has 1 rings (SSSR count). The van der Waals surface area contributed by atoms with Crippen LogP contribution in [0.3, 0.4) is 0 Å². The van der Waals surface area contributed by atoms with Crippen LogP contribution in [-0.2, 0) is 6.54 Å². The largest absolute Gasteiger partial charge is 0.326 e. The predicted octanol–water partition coefficient (Wildman–Crippen LogP) is 1.66. The van der Waals surface area contributed by atoms with Crippen molar-refractivity contribution < 1.29 is 9.18 Å². The summed E-state index contributed by atoms with van der Waals surface area (Å²) in [6.07, 6.45) is 0. The molecule has 0 bridgehead atoms. The van der Waals surface area contributed by atoms with E-state index in [1.165, 1.54) is 18.2 Å². The summed E-state index contributed by atoms with van der Waals surface area (Å²) in [4.78, 5) is 10.6. The summed E-state index contributed by atoms with van der Waals surface area (Å²) in [6, 6.07) is 3.85. The first-order valence-corrected chi connectivity index (χ1v) is 3.71. The quantitative estimate of drug-likeness (QED) is 0.716. The monoisotopic (exact) mass is 187 g/mol. The highest BCUT2D eigenvalue weighted by Crippen LogP contribution is 2.11. The van der Waals surface area contributed by atoms with Gasteiger partial charge in [0, 0.05) is 17.7 Å². The van der Waals surface area contributed by atoms with Crippen molar-refractivity contribution in [1.82, 2.24) is 0 Å². The number of hydrogen-bond acceptors (Lipinski definition) is 2. The van der Waals surface area contributed by atoms with Gasteiger partial charge >= 0.3 is 0 Å². The van der Waals surface area contributed by atoms with E-state index in [0.717, 1.165) is 0 Å². The minimum absolute atomic E-state index is 0.0594. The molecule has 2 N–H and O–H groups in total. The molecule has 64 valence electrons. The van der Waals surface area contributed by atoms with E-state index in [2.05, 4.69) is 0 Å². The molecule has 4 heteroatoms. The average Bonchev–Trinajstić information content (AvgIpc) is 2.05. The van der Waals surface area contributed by atoms with Gasteiger partial charge in [-0.2, -0.15) is 0 Å². The lowest BCUT2D eigenvalue weighted by molar-refractivity contribution is 0.108. The third kappa shape index (κ3) is 1.81. The van der Waals surface area contributed by atoms with Crippen LogP contribution in [0.5, 0.6) is 0 Å². The van der Waals surface area contributed by atoms with Gasteiger partial charge in [0.1, 0.15) is 5.82 Å². The molecule has 1 aromatic carbocycles. The molecule has 0 aliphatic carbocycles. The topological polar surface area (TPSA) is 43.1 Å². The fourth-order valence-corrected chi connectivity index (χ4v) is 0.971. The first-order valence-electron chi connectivity index (χ1n) is 3.33. The molecule has 0 amide bonds. The Morgan fingerprint density at radius 1 is 1.58 bits per heavy atom. The van der Waals surface area contributed by atoms with E-state index in [1.54, 1.807) is 0 Å². The van der Waals surface area contributed by atoms with Crippen molar-refractivity contribution >= 4 is 16.8 Å². The summed E-state index contributed by atoms with van der Waals surface area (Å²) >= 11 is 5.18. The van der Waals surface area contributed by atoms with E-state index in [4.69, 9.17) is 17.3 Å². The Kier molecular flexibility index (Phi) is 2.78. The van der Waals surface area contributed by atoms with Crippen LogP contribution in [0.4, 0.5) is 4.39 Å². The minimum atomic E-state index is -0.607. The Morgan fingerprint density at radius 3 is 2.75 bits per heavy atom. The summed E-state index contributed by atoms with van der Waals surface area (Å²) < 4.78 is 12.8. The highest BCUT2D eigenvalue weighted by atomic mass is 35.5. The van der Waals surface area contributed by atoms with Crippen LogP contribution in [0, 0.1) is 5.82 Å². The summed E-state index contributed by atoms with van der Waals surface area (Å²) in [7, 11) is 0. The van der Waals surface area contributed by atoms with Crippen molar-refractivity contribution in [2.45, 2.75) is 6.54 Å². The van der Waals surface area contributed by atoms with Crippen molar-refractivity contribution in [3.8, 4) is 0 Å². The highest BCUT2D eigenvalue weighted by Gasteiger charge is 2.05. The molecule has 0 aromatic heterocycles. The molecule has 1 aromatic rings. The third-order valence-electron chi connectivity index (χ3n) is 1.49. The molecule has 12 heavy (non-hydrogen) atoms. The van der Waals surface area contributed by atoms with Gasteiger partial charge in [-0.3, -0.25) is 4.79 Å². The van der Waals surface area contributed by atoms with Gasteiger partial charge in [0.2, 0.25) is 0 Å². The molecule has 0 heterocycles. The van der Waals surface area contributed by atoms with Crippen molar-refractivity contribution in [3.63, 3.8) is 0 Å².